The molecule has 0 amide bonds. The van der Waals surface area contributed by atoms with E-state index in [1.807, 2.05) is 19.1 Å². The van der Waals surface area contributed by atoms with Crippen LogP contribution in [0.3, 0.4) is 0 Å². The molecule has 19 heavy (non-hydrogen) atoms. The number of rotatable bonds is 5. The van der Waals surface area contributed by atoms with Crippen LogP contribution in [0.15, 0.2) is 35.5 Å². The van der Waals surface area contributed by atoms with Gasteiger partial charge in [-0.2, -0.15) is 5.10 Å². The average Bonchev–Trinajstić information content (AvgIpc) is 2.44. The molecule has 100 valence electrons. The molecular weight excluding hydrogens is 264 g/mol. The van der Waals surface area contributed by atoms with E-state index in [-0.39, 0.29) is 10.6 Å². The van der Waals surface area contributed by atoms with Gasteiger partial charge in [-0.1, -0.05) is 24.6 Å². The zero-order valence-corrected chi connectivity index (χ0v) is 11.4. The van der Waals surface area contributed by atoms with Gasteiger partial charge in [0.1, 0.15) is 5.02 Å². The van der Waals surface area contributed by atoms with Crippen LogP contribution in [-0.2, 0) is 13.1 Å². The van der Waals surface area contributed by atoms with Crippen molar-refractivity contribution in [2.24, 2.45) is 0 Å². The molecule has 0 saturated carbocycles. The molecule has 0 radical (unpaired) electrons. The first-order valence-corrected chi connectivity index (χ1v) is 6.48. The molecule has 2 rings (SSSR count). The molecule has 0 aliphatic heterocycles. The van der Waals surface area contributed by atoms with Crippen LogP contribution in [-0.4, -0.2) is 14.8 Å². The molecule has 0 spiro atoms. The second-order valence-electron chi connectivity index (χ2n) is 4.12. The number of nitrogens with one attached hydrogen (secondary N) is 1. The van der Waals surface area contributed by atoms with Crippen molar-refractivity contribution in [3.8, 4) is 0 Å². The van der Waals surface area contributed by atoms with Crippen LogP contribution in [0.1, 0.15) is 18.9 Å². The molecule has 0 unspecified atom stereocenters. The smallest absolute Gasteiger partial charge is 0.287 e. The van der Waals surface area contributed by atoms with Crippen molar-refractivity contribution in [1.29, 1.82) is 0 Å². The summed E-state index contributed by atoms with van der Waals surface area (Å²) in [5.74, 6) is 0. The Morgan fingerprint density at radius 3 is 2.95 bits per heavy atom. The van der Waals surface area contributed by atoms with E-state index >= 15 is 0 Å². The van der Waals surface area contributed by atoms with E-state index in [1.165, 1.54) is 4.68 Å². The molecule has 0 aromatic carbocycles. The fourth-order valence-electron chi connectivity index (χ4n) is 1.66. The number of pyridine rings is 1. The minimum atomic E-state index is -0.264. The number of aryl methyl sites for hydroxylation is 1. The molecule has 0 atom stereocenters. The molecule has 6 heteroatoms. The molecule has 0 fully saturated rings. The molecule has 0 aliphatic rings. The van der Waals surface area contributed by atoms with E-state index in [4.69, 9.17) is 11.6 Å². The minimum absolute atomic E-state index is 0.173. The summed E-state index contributed by atoms with van der Waals surface area (Å²) in [5, 5.41) is 7.35. The maximum absolute atomic E-state index is 11.9. The van der Waals surface area contributed by atoms with Gasteiger partial charge in [-0.25, -0.2) is 4.68 Å². The van der Waals surface area contributed by atoms with Gasteiger partial charge in [-0.05, 0) is 18.1 Å². The Morgan fingerprint density at radius 2 is 2.26 bits per heavy atom. The maximum Gasteiger partial charge on any atom is 0.287 e. The van der Waals surface area contributed by atoms with Crippen molar-refractivity contribution in [1.82, 2.24) is 14.8 Å². The fraction of sp³-hybridized carbons (Fsp3) is 0.308. The third-order valence-corrected chi connectivity index (χ3v) is 2.99. The first-order chi connectivity index (χ1) is 9.22. The summed E-state index contributed by atoms with van der Waals surface area (Å²) < 4.78 is 1.37. The summed E-state index contributed by atoms with van der Waals surface area (Å²) in [6, 6.07) is 3.80. The quantitative estimate of drug-likeness (QED) is 0.912. The van der Waals surface area contributed by atoms with E-state index in [0.717, 1.165) is 12.0 Å². The van der Waals surface area contributed by atoms with Gasteiger partial charge in [0.2, 0.25) is 0 Å². The van der Waals surface area contributed by atoms with Crippen molar-refractivity contribution in [3.05, 3.63) is 51.7 Å². The Kier molecular flexibility index (Phi) is 4.52. The molecular formula is C13H15ClN4O. The average molecular weight is 279 g/mol. The van der Waals surface area contributed by atoms with E-state index < -0.39 is 0 Å². The second kappa shape index (κ2) is 6.33. The predicted molar refractivity (Wildman–Crippen MR) is 75.4 cm³/mol. The van der Waals surface area contributed by atoms with Gasteiger partial charge in [0, 0.05) is 25.5 Å². The first kappa shape index (κ1) is 13.5. The summed E-state index contributed by atoms with van der Waals surface area (Å²) in [4.78, 5) is 15.9. The van der Waals surface area contributed by atoms with Crippen molar-refractivity contribution < 1.29 is 0 Å². The molecule has 1 N–H and O–H groups in total. The predicted octanol–water partition coefficient (Wildman–Crippen LogP) is 2.31. The largest absolute Gasteiger partial charge is 0.378 e. The molecule has 0 aliphatic carbocycles. The van der Waals surface area contributed by atoms with Crippen LogP contribution in [0, 0.1) is 0 Å². The van der Waals surface area contributed by atoms with Gasteiger partial charge >= 0.3 is 0 Å². The molecule has 0 saturated heterocycles. The summed E-state index contributed by atoms with van der Waals surface area (Å²) >= 11 is 6.05. The van der Waals surface area contributed by atoms with Crippen LogP contribution in [0.25, 0.3) is 0 Å². The van der Waals surface area contributed by atoms with Gasteiger partial charge in [-0.3, -0.25) is 9.78 Å². The van der Waals surface area contributed by atoms with Crippen LogP contribution in [0.4, 0.5) is 5.69 Å². The third kappa shape index (κ3) is 3.32. The zero-order valence-electron chi connectivity index (χ0n) is 10.6. The minimum Gasteiger partial charge on any atom is -0.378 e. The molecule has 2 heterocycles. The van der Waals surface area contributed by atoms with Gasteiger partial charge < -0.3 is 5.32 Å². The Morgan fingerprint density at radius 1 is 1.42 bits per heavy atom. The fourth-order valence-corrected chi connectivity index (χ4v) is 1.87. The number of halogens is 1. The van der Waals surface area contributed by atoms with E-state index in [0.29, 0.717) is 18.8 Å². The summed E-state index contributed by atoms with van der Waals surface area (Å²) in [5.41, 5.74) is 1.29. The summed E-state index contributed by atoms with van der Waals surface area (Å²) in [6.45, 7) is 3.10. The lowest BCUT2D eigenvalue weighted by atomic mass is 10.3. The maximum atomic E-state index is 11.9. The van der Waals surface area contributed by atoms with Crippen molar-refractivity contribution >= 4 is 17.3 Å². The van der Waals surface area contributed by atoms with Gasteiger partial charge in [0.25, 0.3) is 5.56 Å². The summed E-state index contributed by atoms with van der Waals surface area (Å²) in [7, 11) is 0. The highest BCUT2D eigenvalue weighted by Crippen LogP contribution is 2.16. The van der Waals surface area contributed by atoms with Crippen LogP contribution in [0.5, 0.6) is 0 Å². The van der Waals surface area contributed by atoms with E-state index in [1.54, 1.807) is 18.6 Å². The second-order valence-corrected chi connectivity index (χ2v) is 4.49. The van der Waals surface area contributed by atoms with E-state index in [2.05, 4.69) is 15.4 Å². The highest BCUT2D eigenvalue weighted by atomic mass is 35.5. The zero-order chi connectivity index (χ0) is 13.7. The molecule has 5 nitrogen and oxygen atoms in total. The number of hydrogen-bond donors (Lipinski definition) is 1. The lowest BCUT2D eigenvalue weighted by Crippen LogP contribution is -2.24. The SMILES string of the molecule is CCCn1ncc(NCc2cccnc2)c(Cl)c1=O. The lowest BCUT2D eigenvalue weighted by molar-refractivity contribution is 0.568. The number of nitrogens with zero attached hydrogens (tertiary/aromatic N) is 3. The normalized spacial score (nSPS) is 10.4. The Hall–Kier alpha value is -1.88. The van der Waals surface area contributed by atoms with Crippen LogP contribution in [0.2, 0.25) is 5.02 Å². The van der Waals surface area contributed by atoms with Gasteiger partial charge in [-0.15, -0.1) is 0 Å². The Bertz CT molecular complexity index is 597. The van der Waals surface area contributed by atoms with Crippen LogP contribution < -0.4 is 10.9 Å². The highest BCUT2D eigenvalue weighted by molar-refractivity contribution is 6.32. The van der Waals surface area contributed by atoms with Crippen molar-refractivity contribution in [3.63, 3.8) is 0 Å². The highest BCUT2D eigenvalue weighted by Gasteiger charge is 2.08. The lowest BCUT2D eigenvalue weighted by Gasteiger charge is -2.09. The van der Waals surface area contributed by atoms with Crippen molar-refractivity contribution in [2.45, 2.75) is 26.4 Å². The monoisotopic (exact) mass is 278 g/mol. The summed E-state index contributed by atoms with van der Waals surface area (Å²) in [6.07, 6.45) is 5.89. The van der Waals surface area contributed by atoms with Gasteiger partial charge in [0.15, 0.2) is 0 Å². The standard InChI is InChI=1S/C13H15ClN4O/c1-2-6-18-13(19)12(14)11(9-17-18)16-8-10-4-3-5-15-7-10/h3-5,7,9,16H,2,6,8H2,1H3. The van der Waals surface area contributed by atoms with Gasteiger partial charge in [0.05, 0.1) is 11.9 Å². The van der Waals surface area contributed by atoms with Crippen LogP contribution >= 0.6 is 11.6 Å². The number of anilines is 1. The topological polar surface area (TPSA) is 59.8 Å². The third-order valence-electron chi connectivity index (χ3n) is 2.63. The Labute approximate surface area is 116 Å². The van der Waals surface area contributed by atoms with E-state index in [9.17, 15) is 4.79 Å². The first-order valence-electron chi connectivity index (χ1n) is 6.10. The Balaban J connectivity index is 2.13. The molecule has 2 aromatic rings. The molecule has 2 aromatic heterocycles. The van der Waals surface area contributed by atoms with Crippen molar-refractivity contribution in [2.75, 3.05) is 5.32 Å². The molecule has 0 bridgehead atoms. The number of aromatic nitrogens is 3. The number of hydrogen-bond acceptors (Lipinski definition) is 4.